The molecule has 0 aromatic rings. The molecule has 0 radical (unpaired) electrons. The van der Waals surface area contributed by atoms with Crippen LogP contribution in [0.5, 0.6) is 0 Å². The Labute approximate surface area is 91.9 Å². The Morgan fingerprint density at radius 3 is 2.20 bits per heavy atom. The number of carbonyl (C=O) groups is 2. The summed E-state index contributed by atoms with van der Waals surface area (Å²) >= 11 is 0. The number of hydrogen-bond donors (Lipinski definition) is 1. The van der Waals surface area contributed by atoms with Crippen molar-refractivity contribution in [1.82, 2.24) is 0 Å². The van der Waals surface area contributed by atoms with Gasteiger partial charge in [0.05, 0.1) is 6.10 Å². The van der Waals surface area contributed by atoms with Crippen molar-refractivity contribution < 1.29 is 14.7 Å². The third-order valence-electron chi connectivity index (χ3n) is 2.52. The van der Waals surface area contributed by atoms with E-state index >= 15 is 0 Å². The molecule has 1 N–H and O–H groups in total. The van der Waals surface area contributed by atoms with Crippen LogP contribution < -0.4 is 0 Å². The highest BCUT2D eigenvalue weighted by molar-refractivity contribution is 5.86. The van der Waals surface area contributed by atoms with Gasteiger partial charge in [0, 0.05) is 25.2 Å². The standard InChI is InChI=1S/C12H22O3/c1-4-10(13)5-6-11(14)7-8-12(15)9(2)3/h9-10,13H,4-8H2,1-3H3. The molecule has 1 unspecified atom stereocenters. The number of Topliss-reactive ketones (excluding diaryl/α,β-unsaturated/α-hetero) is 2. The summed E-state index contributed by atoms with van der Waals surface area (Å²) in [6.07, 6.45) is 1.88. The molecular formula is C12H22O3. The van der Waals surface area contributed by atoms with Gasteiger partial charge in [0.2, 0.25) is 0 Å². The molecule has 0 bridgehead atoms. The van der Waals surface area contributed by atoms with Crippen molar-refractivity contribution in [3.63, 3.8) is 0 Å². The van der Waals surface area contributed by atoms with Crippen LogP contribution in [0.15, 0.2) is 0 Å². The van der Waals surface area contributed by atoms with E-state index in [2.05, 4.69) is 0 Å². The summed E-state index contributed by atoms with van der Waals surface area (Å²) in [4.78, 5) is 22.6. The number of rotatable bonds is 8. The van der Waals surface area contributed by atoms with Crippen LogP contribution in [0.25, 0.3) is 0 Å². The molecule has 15 heavy (non-hydrogen) atoms. The van der Waals surface area contributed by atoms with Crippen molar-refractivity contribution in [3.8, 4) is 0 Å². The van der Waals surface area contributed by atoms with Crippen LogP contribution in [0, 0.1) is 5.92 Å². The zero-order valence-corrected chi connectivity index (χ0v) is 9.95. The van der Waals surface area contributed by atoms with Gasteiger partial charge < -0.3 is 5.11 Å². The molecule has 0 fully saturated rings. The van der Waals surface area contributed by atoms with E-state index in [-0.39, 0.29) is 23.6 Å². The van der Waals surface area contributed by atoms with Gasteiger partial charge in [-0.1, -0.05) is 20.8 Å². The van der Waals surface area contributed by atoms with Gasteiger partial charge in [-0.2, -0.15) is 0 Å². The molecule has 3 nitrogen and oxygen atoms in total. The van der Waals surface area contributed by atoms with Crippen LogP contribution in [-0.2, 0) is 9.59 Å². The Morgan fingerprint density at radius 1 is 1.13 bits per heavy atom. The zero-order chi connectivity index (χ0) is 11.8. The first-order chi connectivity index (χ1) is 6.97. The van der Waals surface area contributed by atoms with E-state index in [0.717, 1.165) is 0 Å². The second kappa shape index (κ2) is 7.57. The minimum atomic E-state index is -0.380. The minimum Gasteiger partial charge on any atom is -0.393 e. The largest absolute Gasteiger partial charge is 0.393 e. The quantitative estimate of drug-likeness (QED) is 0.673. The first-order valence-corrected chi connectivity index (χ1v) is 5.69. The number of hydrogen-bond acceptors (Lipinski definition) is 3. The molecule has 88 valence electrons. The molecule has 1 atom stereocenters. The Hall–Kier alpha value is -0.700. The fraction of sp³-hybridized carbons (Fsp3) is 0.833. The molecule has 0 aliphatic carbocycles. The summed E-state index contributed by atoms with van der Waals surface area (Å²) < 4.78 is 0. The molecule has 0 saturated heterocycles. The van der Waals surface area contributed by atoms with Gasteiger partial charge in [-0.05, 0) is 12.8 Å². The van der Waals surface area contributed by atoms with E-state index in [0.29, 0.717) is 32.1 Å². The molecule has 0 heterocycles. The number of ketones is 2. The summed E-state index contributed by atoms with van der Waals surface area (Å²) in [6.45, 7) is 5.57. The van der Waals surface area contributed by atoms with Gasteiger partial charge in [0.15, 0.2) is 0 Å². The first-order valence-electron chi connectivity index (χ1n) is 5.69. The Morgan fingerprint density at radius 2 is 1.73 bits per heavy atom. The van der Waals surface area contributed by atoms with E-state index < -0.39 is 0 Å². The third-order valence-corrected chi connectivity index (χ3v) is 2.52. The third kappa shape index (κ3) is 7.25. The summed E-state index contributed by atoms with van der Waals surface area (Å²) in [5.41, 5.74) is 0. The van der Waals surface area contributed by atoms with Gasteiger partial charge in [0.25, 0.3) is 0 Å². The normalized spacial score (nSPS) is 12.9. The molecule has 0 aliphatic rings. The predicted octanol–water partition coefficient (Wildman–Crippen LogP) is 2.11. The van der Waals surface area contributed by atoms with Crippen LogP contribution in [0.1, 0.15) is 52.9 Å². The van der Waals surface area contributed by atoms with Crippen molar-refractivity contribution in [2.45, 2.75) is 59.0 Å². The second-order valence-corrected chi connectivity index (χ2v) is 4.26. The van der Waals surface area contributed by atoms with Crippen molar-refractivity contribution in [1.29, 1.82) is 0 Å². The molecule has 3 heteroatoms. The van der Waals surface area contributed by atoms with E-state index in [1.807, 2.05) is 20.8 Å². The van der Waals surface area contributed by atoms with Gasteiger partial charge >= 0.3 is 0 Å². The fourth-order valence-electron chi connectivity index (χ4n) is 1.21. The van der Waals surface area contributed by atoms with E-state index in [1.54, 1.807) is 0 Å². The maximum atomic E-state index is 11.3. The van der Waals surface area contributed by atoms with Crippen molar-refractivity contribution in [2.24, 2.45) is 5.92 Å². The monoisotopic (exact) mass is 214 g/mol. The molecule has 0 saturated carbocycles. The summed E-state index contributed by atoms with van der Waals surface area (Å²) in [6, 6.07) is 0. The van der Waals surface area contributed by atoms with Gasteiger partial charge in [-0.3, -0.25) is 9.59 Å². The fourth-order valence-corrected chi connectivity index (χ4v) is 1.21. The lowest BCUT2D eigenvalue weighted by Crippen LogP contribution is -2.12. The molecule has 0 spiro atoms. The molecule has 0 aromatic carbocycles. The summed E-state index contributed by atoms with van der Waals surface area (Å²) in [5, 5.41) is 9.25. The number of aliphatic hydroxyl groups excluding tert-OH is 1. The molecule has 0 aromatic heterocycles. The van der Waals surface area contributed by atoms with Crippen molar-refractivity contribution >= 4 is 11.6 Å². The lowest BCUT2D eigenvalue weighted by molar-refractivity contribution is -0.126. The summed E-state index contributed by atoms with van der Waals surface area (Å²) in [7, 11) is 0. The molecule has 0 aliphatic heterocycles. The van der Waals surface area contributed by atoms with Gasteiger partial charge in [0.1, 0.15) is 11.6 Å². The van der Waals surface area contributed by atoms with E-state index in [1.165, 1.54) is 0 Å². The average molecular weight is 214 g/mol. The van der Waals surface area contributed by atoms with Gasteiger partial charge in [-0.25, -0.2) is 0 Å². The molecular weight excluding hydrogens is 192 g/mol. The average Bonchev–Trinajstić information content (AvgIpc) is 2.21. The highest BCUT2D eigenvalue weighted by Gasteiger charge is 2.11. The Bertz CT molecular complexity index is 209. The Balaban J connectivity index is 3.62. The van der Waals surface area contributed by atoms with E-state index in [4.69, 9.17) is 0 Å². The van der Waals surface area contributed by atoms with Crippen LogP contribution >= 0.6 is 0 Å². The lowest BCUT2D eigenvalue weighted by atomic mass is 10.0. The minimum absolute atomic E-state index is 0.0130. The van der Waals surface area contributed by atoms with Crippen LogP contribution in [0.3, 0.4) is 0 Å². The molecule has 0 amide bonds. The number of aliphatic hydroxyl groups is 1. The topological polar surface area (TPSA) is 54.4 Å². The SMILES string of the molecule is CCC(O)CCC(=O)CCC(=O)C(C)C. The van der Waals surface area contributed by atoms with Crippen LogP contribution in [-0.4, -0.2) is 22.8 Å². The van der Waals surface area contributed by atoms with Crippen molar-refractivity contribution in [2.75, 3.05) is 0 Å². The number of carbonyl (C=O) groups excluding carboxylic acids is 2. The first kappa shape index (κ1) is 14.3. The van der Waals surface area contributed by atoms with Crippen LogP contribution in [0.4, 0.5) is 0 Å². The predicted molar refractivity (Wildman–Crippen MR) is 59.6 cm³/mol. The van der Waals surface area contributed by atoms with Crippen LogP contribution in [0.2, 0.25) is 0 Å². The second-order valence-electron chi connectivity index (χ2n) is 4.26. The maximum absolute atomic E-state index is 11.3. The maximum Gasteiger partial charge on any atom is 0.135 e. The van der Waals surface area contributed by atoms with Gasteiger partial charge in [-0.15, -0.1) is 0 Å². The lowest BCUT2D eigenvalue weighted by Gasteiger charge is -2.06. The van der Waals surface area contributed by atoms with E-state index in [9.17, 15) is 14.7 Å². The Kier molecular flexibility index (Phi) is 7.22. The highest BCUT2D eigenvalue weighted by atomic mass is 16.3. The highest BCUT2D eigenvalue weighted by Crippen LogP contribution is 2.07. The summed E-state index contributed by atoms with van der Waals surface area (Å²) in [5.74, 6) is 0.231. The zero-order valence-electron chi connectivity index (χ0n) is 9.95. The molecule has 0 rings (SSSR count). The van der Waals surface area contributed by atoms with Crippen molar-refractivity contribution in [3.05, 3.63) is 0 Å². The smallest absolute Gasteiger partial charge is 0.135 e.